The average Bonchev–Trinajstić information content (AvgIpc) is 3.46. The van der Waals surface area contributed by atoms with Gasteiger partial charge in [-0.3, -0.25) is 4.98 Å². The van der Waals surface area contributed by atoms with Crippen molar-refractivity contribution in [2.24, 2.45) is 0 Å². The highest BCUT2D eigenvalue weighted by Crippen LogP contribution is 2.38. The number of hydrogen-bond donors (Lipinski definition) is 2. The third kappa shape index (κ3) is 4.24. The van der Waals surface area contributed by atoms with E-state index in [1.165, 1.54) is 36.9 Å². The van der Waals surface area contributed by atoms with Crippen molar-refractivity contribution in [2.75, 3.05) is 20.3 Å². The van der Waals surface area contributed by atoms with Gasteiger partial charge in [0.05, 0.1) is 42.6 Å². The van der Waals surface area contributed by atoms with Gasteiger partial charge in [-0.1, -0.05) is 13.8 Å². The largest absolute Gasteiger partial charge is 0.380 e. The Morgan fingerprint density at radius 2 is 2.00 bits per heavy atom. The molecular formula is C27H34N6O2. The van der Waals surface area contributed by atoms with E-state index in [0.29, 0.717) is 30.5 Å². The molecule has 8 heteroatoms. The van der Waals surface area contributed by atoms with Crippen molar-refractivity contribution in [3.8, 4) is 11.3 Å². The number of rotatable bonds is 7. The van der Waals surface area contributed by atoms with E-state index < -0.39 is 0 Å². The summed E-state index contributed by atoms with van der Waals surface area (Å²) < 4.78 is 12.6. The molecule has 0 aromatic carbocycles. The maximum Gasteiger partial charge on any atom is 0.160 e. The van der Waals surface area contributed by atoms with Crippen LogP contribution in [-0.2, 0) is 16.1 Å². The number of aromatic amines is 1. The number of pyridine rings is 2. The van der Waals surface area contributed by atoms with Crippen LogP contribution in [0.25, 0.3) is 27.9 Å². The van der Waals surface area contributed by atoms with E-state index >= 15 is 0 Å². The normalized spacial score (nSPS) is 21.3. The molecule has 1 aliphatic carbocycles. The third-order valence-corrected chi connectivity index (χ3v) is 7.57. The van der Waals surface area contributed by atoms with Gasteiger partial charge in [-0.2, -0.15) is 5.10 Å². The first kappa shape index (κ1) is 22.6. The summed E-state index contributed by atoms with van der Waals surface area (Å²) in [4.78, 5) is 13.3. The topological polar surface area (TPSA) is 89.4 Å². The van der Waals surface area contributed by atoms with Crippen LogP contribution in [0.3, 0.4) is 0 Å². The summed E-state index contributed by atoms with van der Waals surface area (Å²) in [6.07, 6.45) is 8.40. The van der Waals surface area contributed by atoms with Crippen LogP contribution in [0.4, 0.5) is 0 Å². The summed E-state index contributed by atoms with van der Waals surface area (Å²) in [5.41, 5.74) is 8.67. The van der Waals surface area contributed by atoms with Gasteiger partial charge < -0.3 is 19.8 Å². The second kappa shape index (κ2) is 9.33. The van der Waals surface area contributed by atoms with Gasteiger partial charge in [0.15, 0.2) is 5.65 Å². The highest BCUT2D eigenvalue weighted by molar-refractivity contribution is 5.88. The van der Waals surface area contributed by atoms with E-state index in [1.807, 2.05) is 10.7 Å². The first-order chi connectivity index (χ1) is 17.1. The molecule has 0 amide bonds. The van der Waals surface area contributed by atoms with Crippen LogP contribution in [0.1, 0.15) is 68.2 Å². The zero-order chi connectivity index (χ0) is 23.9. The Morgan fingerprint density at radius 3 is 2.71 bits per heavy atom. The van der Waals surface area contributed by atoms with Gasteiger partial charge >= 0.3 is 0 Å². The minimum atomic E-state index is 0.323. The first-order valence-corrected chi connectivity index (χ1v) is 12.8. The Labute approximate surface area is 205 Å². The van der Waals surface area contributed by atoms with Crippen molar-refractivity contribution in [2.45, 2.75) is 70.1 Å². The van der Waals surface area contributed by atoms with Crippen LogP contribution in [-0.4, -0.2) is 57.0 Å². The molecule has 4 aromatic rings. The number of ether oxygens (including phenoxy) is 2. The van der Waals surface area contributed by atoms with Crippen LogP contribution < -0.4 is 5.32 Å². The number of methoxy groups -OCH3 is 1. The third-order valence-electron chi connectivity index (χ3n) is 7.57. The van der Waals surface area contributed by atoms with E-state index in [1.54, 1.807) is 13.4 Å². The predicted octanol–water partition coefficient (Wildman–Crippen LogP) is 4.56. The molecule has 2 N–H and O–H groups in total. The lowest BCUT2D eigenvalue weighted by Crippen LogP contribution is -2.51. The van der Waals surface area contributed by atoms with E-state index in [0.717, 1.165) is 46.7 Å². The van der Waals surface area contributed by atoms with Gasteiger partial charge in [-0.15, -0.1) is 0 Å². The summed E-state index contributed by atoms with van der Waals surface area (Å²) in [5.74, 6) is 0.844. The van der Waals surface area contributed by atoms with Crippen molar-refractivity contribution in [1.82, 2.24) is 29.9 Å². The molecule has 2 fully saturated rings. The van der Waals surface area contributed by atoms with E-state index in [2.05, 4.69) is 52.4 Å². The van der Waals surface area contributed by atoms with Crippen molar-refractivity contribution >= 4 is 16.7 Å². The second-order valence-electron chi connectivity index (χ2n) is 10.4. The Bertz CT molecular complexity index is 1330. The minimum Gasteiger partial charge on any atom is -0.380 e. The SMILES string of the molecule is COCc1cc(-c2[nH]c3ccc(C4CCC(NC5COC5)CC4)nc3c2C(C)C)cn2ncnc12. The molecule has 4 aromatic heterocycles. The molecule has 1 saturated carbocycles. The molecule has 1 saturated heterocycles. The second-order valence-corrected chi connectivity index (χ2v) is 10.4. The molecule has 2 aliphatic rings. The molecule has 184 valence electrons. The lowest BCUT2D eigenvalue weighted by atomic mass is 9.83. The van der Waals surface area contributed by atoms with E-state index in [9.17, 15) is 0 Å². The number of hydrogen-bond acceptors (Lipinski definition) is 6. The van der Waals surface area contributed by atoms with Crippen molar-refractivity contribution in [3.05, 3.63) is 47.5 Å². The van der Waals surface area contributed by atoms with Crippen molar-refractivity contribution in [3.63, 3.8) is 0 Å². The van der Waals surface area contributed by atoms with Gasteiger partial charge in [-0.25, -0.2) is 9.50 Å². The maximum atomic E-state index is 5.44. The molecule has 0 atom stereocenters. The van der Waals surface area contributed by atoms with Gasteiger partial charge in [0.25, 0.3) is 0 Å². The van der Waals surface area contributed by atoms with Gasteiger partial charge in [0.1, 0.15) is 6.33 Å². The van der Waals surface area contributed by atoms with Crippen LogP contribution in [0, 0.1) is 0 Å². The summed E-state index contributed by atoms with van der Waals surface area (Å²) in [7, 11) is 1.71. The lowest BCUT2D eigenvalue weighted by molar-refractivity contribution is -0.0121. The number of nitrogens with zero attached hydrogens (tertiary/aromatic N) is 4. The molecule has 1 aliphatic heterocycles. The smallest absolute Gasteiger partial charge is 0.160 e. The van der Waals surface area contributed by atoms with Gasteiger partial charge in [0, 0.05) is 47.7 Å². The number of nitrogens with one attached hydrogen (secondary N) is 2. The molecule has 8 nitrogen and oxygen atoms in total. The summed E-state index contributed by atoms with van der Waals surface area (Å²) in [5, 5.41) is 8.15. The highest BCUT2D eigenvalue weighted by Gasteiger charge is 2.28. The molecular weight excluding hydrogens is 440 g/mol. The molecule has 0 spiro atoms. The fourth-order valence-corrected chi connectivity index (χ4v) is 5.73. The Balaban J connectivity index is 1.33. The van der Waals surface area contributed by atoms with E-state index in [-0.39, 0.29) is 0 Å². The molecule has 35 heavy (non-hydrogen) atoms. The Hall–Kier alpha value is -2.81. The maximum absolute atomic E-state index is 5.44. The van der Waals surface area contributed by atoms with Crippen LogP contribution in [0.2, 0.25) is 0 Å². The van der Waals surface area contributed by atoms with Crippen molar-refractivity contribution in [1.29, 1.82) is 0 Å². The molecule has 0 bridgehead atoms. The molecule has 6 rings (SSSR count). The Kier molecular flexibility index (Phi) is 6.04. The summed E-state index contributed by atoms with van der Waals surface area (Å²) in [6.45, 7) is 6.70. The number of fused-ring (bicyclic) bond motifs is 2. The van der Waals surface area contributed by atoms with Crippen LogP contribution in [0.5, 0.6) is 0 Å². The fraction of sp³-hybridized carbons (Fsp3) is 0.519. The fourth-order valence-electron chi connectivity index (χ4n) is 5.73. The zero-order valence-electron chi connectivity index (χ0n) is 20.8. The predicted molar refractivity (Wildman–Crippen MR) is 136 cm³/mol. The summed E-state index contributed by atoms with van der Waals surface area (Å²) >= 11 is 0. The summed E-state index contributed by atoms with van der Waals surface area (Å²) in [6, 6.07) is 7.77. The van der Waals surface area contributed by atoms with Gasteiger partial charge in [0.2, 0.25) is 0 Å². The van der Waals surface area contributed by atoms with Crippen molar-refractivity contribution < 1.29 is 9.47 Å². The average molecular weight is 475 g/mol. The molecule has 0 unspecified atom stereocenters. The number of aromatic nitrogens is 5. The monoisotopic (exact) mass is 474 g/mol. The standard InChI is InChI=1S/C27H34N6O2/c1-16(2)24-25(18-10-19(12-34-3)27-28-15-29-33(27)11-18)32-23-9-8-22(31-26(23)24)17-4-6-20(7-5-17)30-21-13-35-14-21/h8-11,15-17,20-21,30,32H,4-7,12-14H2,1-3H3. The first-order valence-electron chi connectivity index (χ1n) is 12.8. The lowest BCUT2D eigenvalue weighted by Gasteiger charge is -2.35. The zero-order valence-corrected chi connectivity index (χ0v) is 20.8. The van der Waals surface area contributed by atoms with Gasteiger partial charge in [-0.05, 0) is 49.8 Å². The number of H-pyrrole nitrogens is 1. The minimum absolute atomic E-state index is 0.323. The quantitative estimate of drug-likeness (QED) is 0.408. The van der Waals surface area contributed by atoms with Crippen LogP contribution >= 0.6 is 0 Å². The molecule has 5 heterocycles. The Morgan fingerprint density at radius 1 is 1.17 bits per heavy atom. The van der Waals surface area contributed by atoms with Crippen LogP contribution in [0.15, 0.2) is 30.7 Å². The van der Waals surface area contributed by atoms with E-state index in [4.69, 9.17) is 14.5 Å². The molecule has 0 radical (unpaired) electrons. The highest BCUT2D eigenvalue weighted by atomic mass is 16.5.